The highest BCUT2D eigenvalue weighted by molar-refractivity contribution is 5.94. The number of nitrogens with one attached hydrogen (secondary N) is 1. The van der Waals surface area contributed by atoms with Crippen LogP contribution in [0.25, 0.3) is 0 Å². The number of nitrogens with zero attached hydrogens (tertiary/aromatic N) is 3. The zero-order chi connectivity index (χ0) is 14.5. The third kappa shape index (κ3) is 3.31. The number of hydrogen-bond acceptors (Lipinski definition) is 2. The zero-order valence-electron chi connectivity index (χ0n) is 12.1. The maximum Gasteiger partial charge on any atom is 0.317 e. The molecule has 0 saturated carbocycles. The van der Waals surface area contributed by atoms with Crippen LogP contribution in [0.2, 0.25) is 0 Å². The summed E-state index contributed by atoms with van der Waals surface area (Å²) in [5.74, 6) is 0.0409. The minimum atomic E-state index is -0.0290. The van der Waals surface area contributed by atoms with Gasteiger partial charge in [0.25, 0.3) is 5.91 Å². The van der Waals surface area contributed by atoms with E-state index in [-0.39, 0.29) is 11.9 Å². The number of rotatable bonds is 3. The Morgan fingerprint density at radius 1 is 1.20 bits per heavy atom. The van der Waals surface area contributed by atoms with Crippen molar-refractivity contribution < 1.29 is 9.59 Å². The molecule has 2 rings (SSSR count). The number of aryl methyl sites for hydroxylation is 1. The second-order valence-electron chi connectivity index (χ2n) is 5.08. The van der Waals surface area contributed by atoms with Gasteiger partial charge in [0.2, 0.25) is 0 Å². The van der Waals surface area contributed by atoms with E-state index in [4.69, 9.17) is 0 Å². The molecule has 1 aromatic heterocycles. The molecule has 6 nitrogen and oxygen atoms in total. The van der Waals surface area contributed by atoms with Gasteiger partial charge in [-0.15, -0.1) is 0 Å². The number of carbonyl (C=O) groups is 2. The summed E-state index contributed by atoms with van der Waals surface area (Å²) in [7, 11) is 1.90. The van der Waals surface area contributed by atoms with Gasteiger partial charge in [-0.1, -0.05) is 6.92 Å². The van der Waals surface area contributed by atoms with Gasteiger partial charge in [-0.2, -0.15) is 0 Å². The van der Waals surface area contributed by atoms with Gasteiger partial charge >= 0.3 is 6.03 Å². The molecular weight excluding hydrogens is 256 g/mol. The number of hydrogen-bond donors (Lipinski definition) is 1. The van der Waals surface area contributed by atoms with E-state index in [1.165, 1.54) is 0 Å². The van der Waals surface area contributed by atoms with E-state index in [2.05, 4.69) is 5.32 Å². The summed E-state index contributed by atoms with van der Waals surface area (Å²) in [6, 6.07) is 1.79. The molecule has 0 unspecified atom stereocenters. The van der Waals surface area contributed by atoms with Crippen molar-refractivity contribution in [1.82, 2.24) is 19.7 Å². The lowest BCUT2D eigenvalue weighted by atomic mass is 10.2. The Kier molecular flexibility index (Phi) is 4.65. The van der Waals surface area contributed by atoms with Crippen LogP contribution in [0.3, 0.4) is 0 Å². The van der Waals surface area contributed by atoms with E-state index in [1.807, 2.05) is 37.0 Å². The average Bonchev–Trinajstić information content (AvgIpc) is 2.90. The monoisotopic (exact) mass is 278 g/mol. The van der Waals surface area contributed by atoms with Gasteiger partial charge < -0.3 is 19.7 Å². The number of piperazine rings is 1. The van der Waals surface area contributed by atoms with E-state index >= 15 is 0 Å². The van der Waals surface area contributed by atoms with Gasteiger partial charge in [0.15, 0.2) is 0 Å². The molecule has 2 heterocycles. The van der Waals surface area contributed by atoms with Crippen LogP contribution in [0.5, 0.6) is 0 Å². The van der Waals surface area contributed by atoms with Gasteiger partial charge in [-0.05, 0) is 12.5 Å². The molecule has 6 heteroatoms. The molecule has 0 bridgehead atoms. The maximum atomic E-state index is 12.3. The largest absolute Gasteiger partial charge is 0.356 e. The fourth-order valence-electron chi connectivity index (χ4n) is 2.27. The predicted molar refractivity (Wildman–Crippen MR) is 76.6 cm³/mol. The Hall–Kier alpha value is -1.98. The molecule has 20 heavy (non-hydrogen) atoms. The molecular formula is C14H22N4O2. The van der Waals surface area contributed by atoms with Crippen LogP contribution in [0.1, 0.15) is 23.7 Å². The predicted octanol–water partition coefficient (Wildman–Crippen LogP) is 0.902. The molecule has 0 atom stereocenters. The first kappa shape index (κ1) is 14.4. The summed E-state index contributed by atoms with van der Waals surface area (Å²) in [5.41, 5.74) is 0.705. The lowest BCUT2D eigenvalue weighted by Crippen LogP contribution is -2.53. The Bertz CT molecular complexity index is 475. The van der Waals surface area contributed by atoms with Crippen molar-refractivity contribution in [3.05, 3.63) is 24.0 Å². The summed E-state index contributed by atoms with van der Waals surface area (Å²) < 4.78 is 1.86. The van der Waals surface area contributed by atoms with Gasteiger partial charge in [0.05, 0.1) is 5.56 Å². The standard InChI is InChI=1S/C14H22N4O2/c1-3-5-15-14(20)18-9-7-17(8-10-18)13(19)12-4-6-16(2)11-12/h4,6,11H,3,5,7-10H2,1-2H3,(H,15,20). The highest BCUT2D eigenvalue weighted by Gasteiger charge is 2.24. The van der Waals surface area contributed by atoms with Crippen LogP contribution < -0.4 is 5.32 Å². The Morgan fingerprint density at radius 2 is 1.85 bits per heavy atom. The Morgan fingerprint density at radius 3 is 2.40 bits per heavy atom. The summed E-state index contributed by atoms with van der Waals surface area (Å²) in [4.78, 5) is 27.6. The Balaban J connectivity index is 1.85. The molecule has 1 aliphatic heterocycles. The summed E-state index contributed by atoms with van der Waals surface area (Å²) >= 11 is 0. The topological polar surface area (TPSA) is 57.6 Å². The average molecular weight is 278 g/mol. The van der Waals surface area contributed by atoms with Crippen molar-refractivity contribution in [1.29, 1.82) is 0 Å². The van der Waals surface area contributed by atoms with Crippen molar-refractivity contribution in [2.24, 2.45) is 7.05 Å². The molecule has 1 N–H and O–H groups in total. The molecule has 110 valence electrons. The molecule has 3 amide bonds. The fourth-order valence-corrected chi connectivity index (χ4v) is 2.27. The summed E-state index contributed by atoms with van der Waals surface area (Å²) in [5, 5.41) is 2.86. The minimum Gasteiger partial charge on any atom is -0.356 e. The molecule has 1 aliphatic rings. The van der Waals surface area contributed by atoms with Crippen LogP contribution in [0.15, 0.2) is 18.5 Å². The second-order valence-corrected chi connectivity index (χ2v) is 5.08. The Labute approximate surface area is 119 Å². The number of carbonyl (C=O) groups excluding carboxylic acids is 2. The summed E-state index contributed by atoms with van der Waals surface area (Å²) in [6.45, 7) is 5.08. The molecule has 0 spiro atoms. The van der Waals surface area contributed by atoms with Crippen molar-refractivity contribution in [2.45, 2.75) is 13.3 Å². The van der Waals surface area contributed by atoms with Gasteiger partial charge in [0.1, 0.15) is 0 Å². The number of aromatic nitrogens is 1. The highest BCUT2D eigenvalue weighted by Crippen LogP contribution is 2.09. The first-order chi connectivity index (χ1) is 9.61. The molecule has 0 radical (unpaired) electrons. The zero-order valence-corrected chi connectivity index (χ0v) is 12.1. The van der Waals surface area contributed by atoms with E-state index < -0.39 is 0 Å². The van der Waals surface area contributed by atoms with Crippen molar-refractivity contribution in [2.75, 3.05) is 32.7 Å². The first-order valence-corrected chi connectivity index (χ1v) is 7.06. The van der Waals surface area contributed by atoms with Crippen LogP contribution >= 0.6 is 0 Å². The molecule has 1 fully saturated rings. The van der Waals surface area contributed by atoms with Crippen LogP contribution in [-0.2, 0) is 7.05 Å². The minimum absolute atomic E-state index is 0.0290. The van der Waals surface area contributed by atoms with E-state index in [0.717, 1.165) is 6.42 Å². The highest BCUT2D eigenvalue weighted by atomic mass is 16.2. The third-order valence-corrected chi connectivity index (χ3v) is 3.46. The van der Waals surface area contributed by atoms with Crippen LogP contribution in [0, 0.1) is 0 Å². The first-order valence-electron chi connectivity index (χ1n) is 7.06. The lowest BCUT2D eigenvalue weighted by Gasteiger charge is -2.34. The molecule has 1 saturated heterocycles. The fraction of sp³-hybridized carbons (Fsp3) is 0.571. The number of amides is 3. The smallest absolute Gasteiger partial charge is 0.317 e. The normalized spacial score (nSPS) is 15.3. The van der Waals surface area contributed by atoms with Crippen molar-refractivity contribution in [3.63, 3.8) is 0 Å². The SMILES string of the molecule is CCCNC(=O)N1CCN(C(=O)c2ccn(C)c2)CC1. The van der Waals surface area contributed by atoms with Gasteiger partial charge in [-0.25, -0.2) is 4.79 Å². The molecule has 0 aliphatic carbocycles. The van der Waals surface area contributed by atoms with Crippen LogP contribution in [-0.4, -0.2) is 59.0 Å². The van der Waals surface area contributed by atoms with Gasteiger partial charge in [-0.3, -0.25) is 4.79 Å². The maximum absolute atomic E-state index is 12.3. The van der Waals surface area contributed by atoms with E-state index in [9.17, 15) is 9.59 Å². The van der Waals surface area contributed by atoms with E-state index in [0.29, 0.717) is 38.3 Å². The second kappa shape index (κ2) is 6.45. The summed E-state index contributed by atoms with van der Waals surface area (Å²) in [6.07, 6.45) is 4.61. The van der Waals surface area contributed by atoms with Crippen molar-refractivity contribution >= 4 is 11.9 Å². The number of urea groups is 1. The quantitative estimate of drug-likeness (QED) is 0.893. The van der Waals surface area contributed by atoms with Crippen LogP contribution in [0.4, 0.5) is 4.79 Å². The third-order valence-electron chi connectivity index (χ3n) is 3.46. The molecule has 1 aromatic rings. The van der Waals surface area contributed by atoms with E-state index in [1.54, 1.807) is 9.80 Å². The lowest BCUT2D eigenvalue weighted by molar-refractivity contribution is 0.0665. The molecule has 0 aromatic carbocycles. The van der Waals surface area contributed by atoms with Crippen molar-refractivity contribution in [3.8, 4) is 0 Å². The van der Waals surface area contributed by atoms with Gasteiger partial charge in [0, 0.05) is 52.2 Å².